The van der Waals surface area contributed by atoms with Crippen molar-refractivity contribution in [1.82, 2.24) is 20.0 Å². The van der Waals surface area contributed by atoms with Crippen LogP contribution in [-0.2, 0) is 20.1 Å². The van der Waals surface area contributed by atoms with E-state index in [0.717, 1.165) is 33.9 Å². The van der Waals surface area contributed by atoms with Gasteiger partial charge in [0.05, 0.1) is 13.3 Å². The zero-order valence-corrected chi connectivity index (χ0v) is 18.2. The van der Waals surface area contributed by atoms with Gasteiger partial charge in [0.15, 0.2) is 5.96 Å². The molecule has 0 saturated heterocycles. The molecule has 132 valence electrons. The van der Waals surface area contributed by atoms with Crippen molar-refractivity contribution in [1.29, 1.82) is 0 Å². The number of methoxy groups -OCH3 is 1. The maximum absolute atomic E-state index is 5.40. The number of hydrogen-bond donors (Lipinski definition) is 1. The molecule has 1 heterocycles. The lowest BCUT2D eigenvalue weighted by Crippen LogP contribution is -2.38. The Kier molecular flexibility index (Phi) is 8.54. The van der Waals surface area contributed by atoms with Crippen molar-refractivity contribution in [3.63, 3.8) is 0 Å². The molecule has 0 aliphatic rings. The molecule has 1 N–H and O–H groups in total. The minimum Gasteiger partial charge on any atom is -0.496 e. The number of aromatic nitrogens is 2. The predicted molar refractivity (Wildman–Crippen MR) is 111 cm³/mol. The number of aryl methyl sites for hydroxylation is 1. The van der Waals surface area contributed by atoms with Crippen LogP contribution in [0.3, 0.4) is 0 Å². The first-order valence-electron chi connectivity index (χ1n) is 7.25. The van der Waals surface area contributed by atoms with Gasteiger partial charge in [-0.05, 0) is 18.2 Å². The van der Waals surface area contributed by atoms with Crippen molar-refractivity contribution < 1.29 is 4.74 Å². The van der Waals surface area contributed by atoms with Crippen LogP contribution in [0, 0.1) is 0 Å². The van der Waals surface area contributed by atoms with E-state index in [1.54, 1.807) is 18.8 Å². The van der Waals surface area contributed by atoms with Crippen LogP contribution in [-0.4, -0.2) is 41.8 Å². The maximum Gasteiger partial charge on any atom is 0.193 e. The first-order chi connectivity index (χ1) is 11.0. The maximum atomic E-state index is 5.40. The summed E-state index contributed by atoms with van der Waals surface area (Å²) in [4.78, 5) is 6.39. The zero-order chi connectivity index (χ0) is 16.8. The molecule has 0 atom stereocenters. The van der Waals surface area contributed by atoms with Crippen LogP contribution in [0.1, 0.15) is 11.1 Å². The number of benzene rings is 1. The van der Waals surface area contributed by atoms with E-state index in [9.17, 15) is 0 Å². The Morgan fingerprint density at radius 2 is 2.21 bits per heavy atom. The Labute approximate surface area is 168 Å². The summed E-state index contributed by atoms with van der Waals surface area (Å²) in [6, 6.07) is 5.95. The van der Waals surface area contributed by atoms with Gasteiger partial charge in [0.2, 0.25) is 0 Å². The monoisotopic (exact) mass is 507 g/mol. The second-order valence-corrected chi connectivity index (χ2v) is 6.15. The van der Waals surface area contributed by atoms with Crippen LogP contribution < -0.4 is 10.1 Å². The van der Waals surface area contributed by atoms with Gasteiger partial charge in [-0.1, -0.05) is 15.9 Å². The van der Waals surface area contributed by atoms with Gasteiger partial charge in [-0.25, -0.2) is 0 Å². The highest BCUT2D eigenvalue weighted by Gasteiger charge is 2.10. The minimum atomic E-state index is 0. The van der Waals surface area contributed by atoms with Gasteiger partial charge in [-0.2, -0.15) is 5.10 Å². The van der Waals surface area contributed by atoms with Gasteiger partial charge in [0.1, 0.15) is 5.75 Å². The molecular weight excluding hydrogens is 485 g/mol. The van der Waals surface area contributed by atoms with E-state index in [1.807, 2.05) is 44.7 Å². The smallest absolute Gasteiger partial charge is 0.193 e. The van der Waals surface area contributed by atoms with Crippen molar-refractivity contribution in [3.8, 4) is 5.75 Å². The summed E-state index contributed by atoms with van der Waals surface area (Å²) in [5, 5.41) is 7.55. The Hall–Kier alpha value is -1.29. The van der Waals surface area contributed by atoms with Crippen LogP contribution in [0.15, 0.2) is 40.1 Å². The third-order valence-electron chi connectivity index (χ3n) is 3.43. The molecular formula is C16H23BrIN5O. The summed E-state index contributed by atoms with van der Waals surface area (Å²) in [7, 11) is 7.37. The largest absolute Gasteiger partial charge is 0.496 e. The highest BCUT2D eigenvalue weighted by Crippen LogP contribution is 2.22. The highest BCUT2D eigenvalue weighted by molar-refractivity contribution is 14.0. The lowest BCUT2D eigenvalue weighted by molar-refractivity contribution is 0.408. The lowest BCUT2D eigenvalue weighted by Gasteiger charge is -2.22. The van der Waals surface area contributed by atoms with Crippen molar-refractivity contribution >= 4 is 45.9 Å². The molecule has 2 rings (SSSR count). The van der Waals surface area contributed by atoms with Gasteiger partial charge in [-0.15, -0.1) is 24.0 Å². The van der Waals surface area contributed by atoms with E-state index in [4.69, 9.17) is 4.74 Å². The van der Waals surface area contributed by atoms with Crippen LogP contribution in [0.2, 0.25) is 0 Å². The third kappa shape index (κ3) is 5.66. The summed E-state index contributed by atoms with van der Waals surface area (Å²) >= 11 is 3.49. The fraction of sp³-hybridized carbons (Fsp3) is 0.375. The molecule has 0 aliphatic heterocycles. The number of nitrogens with zero attached hydrogens (tertiary/aromatic N) is 4. The number of rotatable bonds is 5. The molecule has 0 aliphatic carbocycles. The molecule has 1 aromatic carbocycles. The van der Waals surface area contributed by atoms with Crippen molar-refractivity contribution in [2.75, 3.05) is 21.2 Å². The Bertz CT molecular complexity index is 689. The zero-order valence-electron chi connectivity index (χ0n) is 14.3. The first kappa shape index (κ1) is 20.8. The van der Waals surface area contributed by atoms with E-state index >= 15 is 0 Å². The molecule has 0 spiro atoms. The number of hydrogen-bond acceptors (Lipinski definition) is 3. The minimum absolute atomic E-state index is 0. The second-order valence-electron chi connectivity index (χ2n) is 5.24. The molecule has 0 bridgehead atoms. The van der Waals surface area contributed by atoms with Gasteiger partial charge < -0.3 is 15.0 Å². The standard InChI is InChI=1S/C16H22BrN5O.HI/c1-18-16(21(2)10-12-8-20-22(3)11-12)19-9-13-7-14(17)5-6-15(13)23-4;/h5-8,11H,9-10H2,1-4H3,(H,18,19);1H. The van der Waals surface area contributed by atoms with E-state index in [2.05, 4.69) is 36.2 Å². The molecule has 8 heteroatoms. The lowest BCUT2D eigenvalue weighted by atomic mass is 10.2. The van der Waals surface area contributed by atoms with E-state index < -0.39 is 0 Å². The van der Waals surface area contributed by atoms with Crippen LogP contribution >= 0.6 is 39.9 Å². The molecule has 6 nitrogen and oxygen atoms in total. The van der Waals surface area contributed by atoms with Crippen LogP contribution in [0.5, 0.6) is 5.75 Å². The molecule has 2 aromatic rings. The van der Waals surface area contributed by atoms with Crippen molar-refractivity contribution in [2.24, 2.45) is 12.0 Å². The average Bonchev–Trinajstić information content (AvgIpc) is 2.93. The van der Waals surface area contributed by atoms with Gasteiger partial charge in [0.25, 0.3) is 0 Å². The summed E-state index contributed by atoms with van der Waals surface area (Å²) in [6.45, 7) is 1.37. The molecule has 24 heavy (non-hydrogen) atoms. The number of ether oxygens (including phenoxy) is 1. The normalized spacial score (nSPS) is 11.0. The van der Waals surface area contributed by atoms with Gasteiger partial charge >= 0.3 is 0 Å². The summed E-state index contributed by atoms with van der Waals surface area (Å²) < 4.78 is 8.22. The van der Waals surface area contributed by atoms with Crippen LogP contribution in [0.25, 0.3) is 0 Å². The van der Waals surface area contributed by atoms with Gasteiger partial charge in [-0.3, -0.25) is 9.67 Å². The van der Waals surface area contributed by atoms with Crippen molar-refractivity contribution in [3.05, 3.63) is 46.2 Å². The number of aliphatic imine (C=N–C) groups is 1. The molecule has 0 radical (unpaired) electrons. The summed E-state index contributed by atoms with van der Waals surface area (Å²) in [5.74, 6) is 1.67. The molecule has 0 amide bonds. The average molecular weight is 508 g/mol. The Morgan fingerprint density at radius 1 is 1.46 bits per heavy atom. The van der Waals surface area contributed by atoms with Crippen molar-refractivity contribution in [2.45, 2.75) is 13.1 Å². The summed E-state index contributed by atoms with van der Waals surface area (Å²) in [5.41, 5.74) is 2.20. The Balaban J connectivity index is 0.00000288. The molecule has 0 saturated carbocycles. The highest BCUT2D eigenvalue weighted by atomic mass is 127. The topological polar surface area (TPSA) is 54.7 Å². The third-order valence-corrected chi connectivity index (χ3v) is 3.92. The van der Waals surface area contributed by atoms with E-state index in [1.165, 1.54) is 0 Å². The fourth-order valence-corrected chi connectivity index (χ4v) is 2.76. The molecule has 1 aromatic heterocycles. The van der Waals surface area contributed by atoms with Gasteiger partial charge in [0, 0.05) is 56.0 Å². The quantitative estimate of drug-likeness (QED) is 0.384. The van der Waals surface area contributed by atoms with Crippen LogP contribution in [0.4, 0.5) is 0 Å². The predicted octanol–water partition coefficient (Wildman–Crippen LogP) is 3.02. The van der Waals surface area contributed by atoms with E-state index in [0.29, 0.717) is 6.54 Å². The fourth-order valence-electron chi connectivity index (χ4n) is 2.35. The number of guanidine groups is 1. The van der Waals surface area contributed by atoms with E-state index in [-0.39, 0.29) is 24.0 Å². The Morgan fingerprint density at radius 3 is 2.79 bits per heavy atom. The molecule has 0 unspecified atom stereocenters. The second kappa shape index (κ2) is 9.87. The first-order valence-corrected chi connectivity index (χ1v) is 8.04. The SMILES string of the molecule is CN=C(NCc1cc(Br)ccc1OC)N(C)Cc1cnn(C)c1.I. The number of halogens is 2. The summed E-state index contributed by atoms with van der Waals surface area (Å²) in [6.07, 6.45) is 3.86. The molecule has 0 fully saturated rings. The number of nitrogens with one attached hydrogen (secondary N) is 1.